The molecule has 0 saturated carbocycles. The third kappa shape index (κ3) is 1.41. The van der Waals surface area contributed by atoms with Crippen LogP contribution in [-0.4, -0.2) is 4.68 Å². The summed E-state index contributed by atoms with van der Waals surface area (Å²) < 4.78 is 1.76. The summed E-state index contributed by atoms with van der Waals surface area (Å²) in [6.45, 7) is 2.06. The molecule has 0 aliphatic heterocycles. The van der Waals surface area contributed by atoms with E-state index in [9.17, 15) is 0 Å². The van der Waals surface area contributed by atoms with Gasteiger partial charge < -0.3 is 5.84 Å². The second-order valence-corrected chi connectivity index (χ2v) is 4.21. The molecule has 2 heteroatoms. The van der Waals surface area contributed by atoms with Crippen molar-refractivity contribution in [1.29, 1.82) is 0 Å². The molecule has 2 N–H and O–H groups in total. The van der Waals surface area contributed by atoms with E-state index in [0.717, 1.165) is 11.2 Å². The number of para-hydroxylation sites is 1. The van der Waals surface area contributed by atoms with Gasteiger partial charge in [-0.05, 0) is 18.6 Å². The summed E-state index contributed by atoms with van der Waals surface area (Å²) in [6.07, 6.45) is 0. The Morgan fingerprint density at radius 2 is 1.53 bits per heavy atom. The zero-order valence-corrected chi connectivity index (χ0v) is 9.72. The molecule has 3 aromatic rings. The Labute approximate surface area is 100 Å². The van der Waals surface area contributed by atoms with E-state index in [1.54, 1.807) is 4.68 Å². The molecule has 1 heterocycles. The number of rotatable bonds is 1. The molecule has 0 radical (unpaired) electrons. The summed E-state index contributed by atoms with van der Waals surface area (Å²) in [4.78, 5) is 0. The van der Waals surface area contributed by atoms with E-state index in [0.29, 0.717) is 0 Å². The maximum absolute atomic E-state index is 6.09. The molecule has 0 fully saturated rings. The van der Waals surface area contributed by atoms with Crippen molar-refractivity contribution in [1.82, 2.24) is 4.68 Å². The minimum Gasteiger partial charge on any atom is -0.339 e. The van der Waals surface area contributed by atoms with Crippen LogP contribution < -0.4 is 5.84 Å². The Bertz CT molecular complexity index is 666. The van der Waals surface area contributed by atoms with E-state index in [4.69, 9.17) is 5.84 Å². The van der Waals surface area contributed by atoms with Crippen molar-refractivity contribution in [3.63, 3.8) is 0 Å². The van der Waals surface area contributed by atoms with E-state index in [1.165, 1.54) is 16.5 Å². The molecule has 0 saturated heterocycles. The summed E-state index contributed by atoms with van der Waals surface area (Å²) in [5.74, 6) is 6.09. The molecule has 0 aliphatic carbocycles. The molecule has 0 amide bonds. The van der Waals surface area contributed by atoms with Gasteiger partial charge >= 0.3 is 0 Å². The second kappa shape index (κ2) is 3.67. The molecule has 3 rings (SSSR count). The number of nitrogen functional groups attached to an aromatic ring is 1. The average molecular weight is 222 g/mol. The third-order valence-electron chi connectivity index (χ3n) is 3.22. The summed E-state index contributed by atoms with van der Waals surface area (Å²) in [7, 11) is 0. The van der Waals surface area contributed by atoms with Crippen molar-refractivity contribution in [3.8, 4) is 11.1 Å². The van der Waals surface area contributed by atoms with Crippen LogP contribution in [0.25, 0.3) is 22.0 Å². The first-order valence-corrected chi connectivity index (χ1v) is 5.69. The summed E-state index contributed by atoms with van der Waals surface area (Å²) in [6, 6.07) is 18.6. The van der Waals surface area contributed by atoms with Gasteiger partial charge in [0.1, 0.15) is 0 Å². The van der Waals surface area contributed by atoms with Crippen LogP contribution in [0.1, 0.15) is 5.69 Å². The van der Waals surface area contributed by atoms with E-state index >= 15 is 0 Å². The highest BCUT2D eigenvalue weighted by Gasteiger charge is 2.12. The first-order chi connectivity index (χ1) is 8.29. The van der Waals surface area contributed by atoms with Crippen LogP contribution in [0.3, 0.4) is 0 Å². The van der Waals surface area contributed by atoms with Crippen molar-refractivity contribution < 1.29 is 0 Å². The quantitative estimate of drug-likeness (QED) is 0.629. The number of nitrogens with two attached hydrogens (primary N) is 1. The summed E-state index contributed by atoms with van der Waals surface area (Å²) in [5.41, 5.74) is 4.61. The van der Waals surface area contributed by atoms with Crippen LogP contribution in [0.5, 0.6) is 0 Å². The molecule has 0 spiro atoms. The van der Waals surface area contributed by atoms with E-state index < -0.39 is 0 Å². The maximum Gasteiger partial charge on any atom is 0.0699 e. The van der Waals surface area contributed by atoms with Gasteiger partial charge in [-0.2, -0.15) is 0 Å². The fourth-order valence-electron chi connectivity index (χ4n) is 2.36. The molecule has 84 valence electrons. The van der Waals surface area contributed by atoms with Crippen molar-refractivity contribution in [2.24, 2.45) is 0 Å². The van der Waals surface area contributed by atoms with Crippen molar-refractivity contribution in [3.05, 3.63) is 60.3 Å². The second-order valence-electron chi connectivity index (χ2n) is 4.21. The lowest BCUT2D eigenvalue weighted by molar-refractivity contribution is 1.00. The third-order valence-corrected chi connectivity index (χ3v) is 3.22. The SMILES string of the molecule is Cc1c(-c2ccccc2)c2ccccc2n1N. The first-order valence-electron chi connectivity index (χ1n) is 5.69. The van der Waals surface area contributed by atoms with Gasteiger partial charge in [0.15, 0.2) is 0 Å². The Morgan fingerprint density at radius 3 is 2.29 bits per heavy atom. The van der Waals surface area contributed by atoms with Gasteiger partial charge in [0.2, 0.25) is 0 Å². The molecule has 0 atom stereocenters. The highest BCUT2D eigenvalue weighted by atomic mass is 15.3. The van der Waals surface area contributed by atoms with Crippen LogP contribution in [0.15, 0.2) is 54.6 Å². The minimum absolute atomic E-state index is 1.07. The fraction of sp³-hybridized carbons (Fsp3) is 0.0667. The lowest BCUT2D eigenvalue weighted by Gasteiger charge is -2.02. The Hall–Kier alpha value is -2.22. The Kier molecular flexibility index (Phi) is 2.15. The van der Waals surface area contributed by atoms with Crippen molar-refractivity contribution in [2.45, 2.75) is 6.92 Å². The van der Waals surface area contributed by atoms with Gasteiger partial charge in [0.05, 0.1) is 5.52 Å². The zero-order chi connectivity index (χ0) is 11.8. The first kappa shape index (κ1) is 9.97. The number of benzene rings is 2. The number of hydrogen-bond acceptors (Lipinski definition) is 1. The predicted octanol–water partition coefficient (Wildman–Crippen LogP) is 3.33. The lowest BCUT2D eigenvalue weighted by Crippen LogP contribution is -2.09. The van der Waals surface area contributed by atoms with Gasteiger partial charge in [-0.1, -0.05) is 48.5 Å². The van der Waals surface area contributed by atoms with Gasteiger partial charge in [0, 0.05) is 16.6 Å². The van der Waals surface area contributed by atoms with E-state index in [-0.39, 0.29) is 0 Å². The number of hydrogen-bond donors (Lipinski definition) is 1. The zero-order valence-electron chi connectivity index (χ0n) is 9.72. The average Bonchev–Trinajstić information content (AvgIpc) is 2.64. The fourth-order valence-corrected chi connectivity index (χ4v) is 2.36. The molecule has 0 bridgehead atoms. The number of fused-ring (bicyclic) bond motifs is 1. The maximum atomic E-state index is 6.09. The van der Waals surface area contributed by atoms with Crippen molar-refractivity contribution >= 4 is 10.9 Å². The molecular formula is C15H14N2. The van der Waals surface area contributed by atoms with Gasteiger partial charge in [-0.15, -0.1) is 0 Å². The molecule has 0 unspecified atom stereocenters. The summed E-state index contributed by atoms with van der Waals surface area (Å²) in [5, 5.41) is 1.21. The Balaban J connectivity index is 2.41. The molecular weight excluding hydrogens is 208 g/mol. The van der Waals surface area contributed by atoms with Crippen LogP contribution in [0.4, 0.5) is 0 Å². The molecule has 2 nitrogen and oxygen atoms in total. The largest absolute Gasteiger partial charge is 0.339 e. The minimum atomic E-state index is 1.07. The monoisotopic (exact) mass is 222 g/mol. The number of nitrogens with zero attached hydrogens (tertiary/aromatic N) is 1. The molecule has 1 aromatic heterocycles. The highest BCUT2D eigenvalue weighted by Crippen LogP contribution is 2.32. The highest BCUT2D eigenvalue weighted by molar-refractivity contribution is 5.98. The lowest BCUT2D eigenvalue weighted by atomic mass is 10.0. The standard InChI is InChI=1S/C15H14N2/c1-11-15(12-7-3-2-4-8-12)13-9-5-6-10-14(13)17(11)16/h2-10H,16H2,1H3. The van der Waals surface area contributed by atoms with E-state index in [1.807, 2.05) is 18.2 Å². The topological polar surface area (TPSA) is 30.9 Å². The van der Waals surface area contributed by atoms with Crippen LogP contribution in [0, 0.1) is 6.92 Å². The Morgan fingerprint density at radius 1 is 0.882 bits per heavy atom. The molecule has 17 heavy (non-hydrogen) atoms. The van der Waals surface area contributed by atoms with Crippen molar-refractivity contribution in [2.75, 3.05) is 5.84 Å². The smallest absolute Gasteiger partial charge is 0.0699 e. The molecule has 2 aromatic carbocycles. The van der Waals surface area contributed by atoms with Gasteiger partial charge in [0.25, 0.3) is 0 Å². The van der Waals surface area contributed by atoms with Gasteiger partial charge in [-0.25, -0.2) is 0 Å². The van der Waals surface area contributed by atoms with Crippen LogP contribution in [0.2, 0.25) is 0 Å². The predicted molar refractivity (Wildman–Crippen MR) is 72.3 cm³/mol. The number of aromatic nitrogens is 1. The van der Waals surface area contributed by atoms with Gasteiger partial charge in [-0.3, -0.25) is 4.68 Å². The van der Waals surface area contributed by atoms with Crippen LogP contribution >= 0.6 is 0 Å². The summed E-state index contributed by atoms with van der Waals surface area (Å²) >= 11 is 0. The van der Waals surface area contributed by atoms with E-state index in [2.05, 4.69) is 43.3 Å². The molecule has 0 aliphatic rings. The normalized spacial score (nSPS) is 10.9. The van der Waals surface area contributed by atoms with Crippen LogP contribution in [-0.2, 0) is 0 Å².